The molecule has 0 radical (unpaired) electrons. The summed E-state index contributed by atoms with van der Waals surface area (Å²) in [6.45, 7) is 5.80. The number of hydrogen-bond acceptors (Lipinski definition) is 5. The first-order valence-electron chi connectivity index (χ1n) is 8.23. The maximum atomic E-state index is 11.9. The highest BCUT2D eigenvalue weighted by atomic mass is 16.5. The SMILES string of the molecule is COc1cc(-c2ccc3nc(C(C(N)=O)C(C)(C)C)nn3c2)ccc1O. The van der Waals surface area contributed by atoms with Crippen molar-refractivity contribution < 1.29 is 14.6 Å². The molecular formula is C19H22N4O3. The lowest BCUT2D eigenvalue weighted by Gasteiger charge is -2.25. The molecule has 3 aromatic rings. The molecule has 26 heavy (non-hydrogen) atoms. The van der Waals surface area contributed by atoms with Crippen molar-refractivity contribution in [3.8, 4) is 22.6 Å². The van der Waals surface area contributed by atoms with Gasteiger partial charge in [0.05, 0.1) is 7.11 Å². The molecule has 1 atom stereocenters. The number of phenols is 1. The summed E-state index contributed by atoms with van der Waals surface area (Å²) in [5.41, 5.74) is 7.56. The second kappa shape index (κ2) is 6.33. The van der Waals surface area contributed by atoms with E-state index in [1.54, 1.807) is 22.7 Å². The summed E-state index contributed by atoms with van der Waals surface area (Å²) in [5.74, 6) is -0.153. The van der Waals surface area contributed by atoms with Gasteiger partial charge >= 0.3 is 0 Å². The number of hydrogen-bond donors (Lipinski definition) is 2. The Labute approximate surface area is 151 Å². The van der Waals surface area contributed by atoms with Crippen molar-refractivity contribution in [2.75, 3.05) is 7.11 Å². The molecule has 2 heterocycles. The molecule has 7 nitrogen and oxygen atoms in total. The zero-order valence-corrected chi connectivity index (χ0v) is 15.2. The number of phenolic OH excluding ortho intramolecular Hbond substituents is 1. The number of fused-ring (bicyclic) bond motifs is 1. The topological polar surface area (TPSA) is 103 Å². The van der Waals surface area contributed by atoms with Gasteiger partial charge in [-0.05, 0) is 35.2 Å². The van der Waals surface area contributed by atoms with Gasteiger partial charge < -0.3 is 15.6 Å². The summed E-state index contributed by atoms with van der Waals surface area (Å²) in [6, 6.07) is 8.84. The summed E-state index contributed by atoms with van der Waals surface area (Å²) >= 11 is 0. The molecule has 7 heteroatoms. The highest BCUT2D eigenvalue weighted by molar-refractivity contribution is 5.82. The van der Waals surface area contributed by atoms with E-state index in [0.717, 1.165) is 11.1 Å². The lowest BCUT2D eigenvalue weighted by molar-refractivity contribution is -0.121. The molecule has 0 bridgehead atoms. The zero-order chi connectivity index (χ0) is 19.1. The fourth-order valence-electron chi connectivity index (χ4n) is 2.99. The van der Waals surface area contributed by atoms with Crippen LogP contribution in [0.1, 0.15) is 32.5 Å². The average Bonchev–Trinajstić information content (AvgIpc) is 2.95. The number of aromatic nitrogens is 3. The van der Waals surface area contributed by atoms with Gasteiger partial charge in [0.1, 0.15) is 5.92 Å². The normalized spacial score (nSPS) is 12.9. The molecule has 1 amide bonds. The van der Waals surface area contributed by atoms with Crippen LogP contribution in [0.2, 0.25) is 0 Å². The van der Waals surface area contributed by atoms with Crippen LogP contribution < -0.4 is 10.5 Å². The smallest absolute Gasteiger partial charge is 0.228 e. The number of benzene rings is 1. The predicted octanol–water partition coefficient (Wildman–Crippen LogP) is 2.73. The number of primary amides is 1. The monoisotopic (exact) mass is 354 g/mol. The van der Waals surface area contributed by atoms with Crippen LogP contribution in [0, 0.1) is 5.41 Å². The van der Waals surface area contributed by atoms with Gasteiger partial charge in [0, 0.05) is 11.8 Å². The Bertz CT molecular complexity index is 973. The van der Waals surface area contributed by atoms with Gasteiger partial charge in [-0.25, -0.2) is 9.50 Å². The van der Waals surface area contributed by atoms with Crippen molar-refractivity contribution in [3.63, 3.8) is 0 Å². The van der Waals surface area contributed by atoms with Crippen molar-refractivity contribution in [2.45, 2.75) is 26.7 Å². The Morgan fingerprint density at radius 1 is 1.23 bits per heavy atom. The number of carbonyl (C=O) groups excluding carboxylic acids is 1. The lowest BCUT2D eigenvalue weighted by Crippen LogP contribution is -2.32. The summed E-state index contributed by atoms with van der Waals surface area (Å²) in [5, 5.41) is 14.2. The maximum absolute atomic E-state index is 11.9. The molecule has 1 unspecified atom stereocenters. The fraction of sp³-hybridized carbons (Fsp3) is 0.316. The molecule has 0 spiro atoms. The van der Waals surface area contributed by atoms with E-state index in [9.17, 15) is 9.90 Å². The number of pyridine rings is 1. The van der Waals surface area contributed by atoms with Crippen molar-refractivity contribution in [1.82, 2.24) is 14.6 Å². The van der Waals surface area contributed by atoms with Crippen LogP contribution in [0.4, 0.5) is 0 Å². The Balaban J connectivity index is 2.06. The molecule has 136 valence electrons. The molecule has 0 saturated carbocycles. The largest absolute Gasteiger partial charge is 0.504 e. The van der Waals surface area contributed by atoms with Crippen LogP contribution >= 0.6 is 0 Å². The van der Waals surface area contributed by atoms with E-state index in [1.165, 1.54) is 7.11 Å². The third-order valence-electron chi connectivity index (χ3n) is 4.27. The van der Waals surface area contributed by atoms with Gasteiger partial charge in [-0.3, -0.25) is 4.79 Å². The van der Waals surface area contributed by atoms with E-state index < -0.39 is 11.8 Å². The third kappa shape index (κ3) is 3.20. The molecule has 0 fully saturated rings. The van der Waals surface area contributed by atoms with Gasteiger partial charge in [-0.2, -0.15) is 5.10 Å². The first-order valence-corrected chi connectivity index (χ1v) is 8.23. The molecule has 0 aliphatic rings. The van der Waals surface area contributed by atoms with Crippen molar-refractivity contribution in [3.05, 3.63) is 42.4 Å². The second-order valence-electron chi connectivity index (χ2n) is 7.28. The van der Waals surface area contributed by atoms with Crippen molar-refractivity contribution in [2.24, 2.45) is 11.1 Å². The number of carbonyl (C=O) groups is 1. The van der Waals surface area contributed by atoms with Gasteiger partial charge in [0.15, 0.2) is 23.0 Å². The Kier molecular flexibility index (Phi) is 4.31. The molecule has 0 aliphatic heterocycles. The Morgan fingerprint density at radius 3 is 2.54 bits per heavy atom. The van der Waals surface area contributed by atoms with E-state index >= 15 is 0 Å². The van der Waals surface area contributed by atoms with Gasteiger partial charge in [-0.1, -0.05) is 26.8 Å². The summed E-state index contributed by atoms with van der Waals surface area (Å²) in [6.07, 6.45) is 1.82. The minimum Gasteiger partial charge on any atom is -0.504 e. The quantitative estimate of drug-likeness (QED) is 0.750. The number of ether oxygens (including phenoxy) is 1. The fourth-order valence-corrected chi connectivity index (χ4v) is 2.99. The number of aromatic hydroxyl groups is 1. The standard InChI is InChI=1S/C19H22N4O3/c1-19(2,3)16(17(20)25)18-21-15-8-6-12(10-23(15)22-18)11-5-7-13(24)14(9-11)26-4/h5-10,16,24H,1-4H3,(H2,20,25). The first-order chi connectivity index (χ1) is 12.2. The number of nitrogens with zero attached hydrogens (tertiary/aromatic N) is 3. The molecule has 0 aliphatic carbocycles. The minimum absolute atomic E-state index is 0.0786. The van der Waals surface area contributed by atoms with E-state index in [0.29, 0.717) is 17.2 Å². The van der Waals surface area contributed by atoms with Crippen LogP contribution in [0.25, 0.3) is 16.8 Å². The number of methoxy groups -OCH3 is 1. The lowest BCUT2D eigenvalue weighted by atomic mass is 9.80. The van der Waals surface area contributed by atoms with Crippen molar-refractivity contribution >= 4 is 11.6 Å². The van der Waals surface area contributed by atoms with E-state index in [-0.39, 0.29) is 11.2 Å². The van der Waals surface area contributed by atoms with E-state index in [1.807, 2.05) is 39.1 Å². The molecule has 1 aromatic carbocycles. The summed E-state index contributed by atoms with van der Waals surface area (Å²) in [4.78, 5) is 16.4. The van der Waals surface area contributed by atoms with Crippen LogP contribution in [0.5, 0.6) is 11.5 Å². The van der Waals surface area contributed by atoms with Crippen LogP contribution in [-0.2, 0) is 4.79 Å². The van der Waals surface area contributed by atoms with Crippen molar-refractivity contribution in [1.29, 1.82) is 0 Å². The highest BCUT2D eigenvalue weighted by Gasteiger charge is 2.34. The Hall–Kier alpha value is -3.09. The number of nitrogens with two attached hydrogens (primary N) is 1. The number of amides is 1. The van der Waals surface area contributed by atoms with Gasteiger partial charge in [0.25, 0.3) is 0 Å². The molecule has 3 N–H and O–H groups in total. The molecule has 3 rings (SSSR count). The highest BCUT2D eigenvalue weighted by Crippen LogP contribution is 2.34. The summed E-state index contributed by atoms with van der Waals surface area (Å²) in [7, 11) is 1.50. The van der Waals surface area contributed by atoms with Crippen LogP contribution in [0.15, 0.2) is 36.5 Å². The average molecular weight is 354 g/mol. The van der Waals surface area contributed by atoms with Crippen LogP contribution in [0.3, 0.4) is 0 Å². The Morgan fingerprint density at radius 2 is 1.92 bits per heavy atom. The van der Waals surface area contributed by atoms with Gasteiger partial charge in [-0.15, -0.1) is 0 Å². The third-order valence-corrected chi connectivity index (χ3v) is 4.27. The summed E-state index contributed by atoms with van der Waals surface area (Å²) < 4.78 is 6.79. The number of rotatable bonds is 4. The molecule has 0 saturated heterocycles. The maximum Gasteiger partial charge on any atom is 0.228 e. The van der Waals surface area contributed by atoms with Gasteiger partial charge in [0.2, 0.25) is 5.91 Å². The first kappa shape index (κ1) is 17.7. The molecule has 2 aromatic heterocycles. The van der Waals surface area contributed by atoms with Crippen LogP contribution in [-0.4, -0.2) is 32.7 Å². The second-order valence-corrected chi connectivity index (χ2v) is 7.28. The zero-order valence-electron chi connectivity index (χ0n) is 15.2. The predicted molar refractivity (Wildman–Crippen MR) is 98.0 cm³/mol. The van der Waals surface area contributed by atoms with E-state index in [4.69, 9.17) is 10.5 Å². The molecular weight excluding hydrogens is 332 g/mol. The minimum atomic E-state index is -0.584. The van der Waals surface area contributed by atoms with E-state index in [2.05, 4.69) is 10.1 Å².